The summed E-state index contributed by atoms with van der Waals surface area (Å²) in [6.07, 6.45) is 0. The molecule has 0 aliphatic heterocycles. The maximum Gasteiger partial charge on any atom is 0.340 e. The van der Waals surface area contributed by atoms with E-state index in [1.165, 1.54) is 12.1 Å². The molecule has 0 saturated heterocycles. The molecule has 0 fully saturated rings. The van der Waals surface area contributed by atoms with Crippen LogP contribution in [-0.4, -0.2) is 18.5 Å². The van der Waals surface area contributed by atoms with Gasteiger partial charge in [0.05, 0.1) is 28.4 Å². The van der Waals surface area contributed by atoms with Crippen LogP contribution in [0.4, 0.5) is 5.69 Å². The molecule has 114 valence electrons. The minimum Gasteiger partial charge on any atom is -0.462 e. The molecule has 22 heavy (non-hydrogen) atoms. The number of anilines is 1. The van der Waals surface area contributed by atoms with Crippen molar-refractivity contribution >= 4 is 40.8 Å². The number of nitrogens with one attached hydrogen (secondary N) is 1. The summed E-state index contributed by atoms with van der Waals surface area (Å²) in [5.74, 6) is -0.958. The third-order valence-electron chi connectivity index (χ3n) is 2.84. The van der Waals surface area contributed by atoms with Crippen molar-refractivity contribution in [1.82, 2.24) is 0 Å². The van der Waals surface area contributed by atoms with E-state index in [0.717, 1.165) is 0 Å². The highest BCUT2D eigenvalue weighted by Crippen LogP contribution is 2.23. The van der Waals surface area contributed by atoms with Gasteiger partial charge in [0, 0.05) is 5.02 Å². The number of esters is 1. The smallest absolute Gasteiger partial charge is 0.340 e. The Morgan fingerprint density at radius 3 is 2.55 bits per heavy atom. The summed E-state index contributed by atoms with van der Waals surface area (Å²) in [6.45, 7) is 1.96. The van der Waals surface area contributed by atoms with Gasteiger partial charge in [0.15, 0.2) is 0 Å². The Morgan fingerprint density at radius 2 is 1.82 bits per heavy atom. The second kappa shape index (κ2) is 7.29. The molecule has 6 heteroatoms. The predicted molar refractivity (Wildman–Crippen MR) is 86.8 cm³/mol. The van der Waals surface area contributed by atoms with Crippen LogP contribution >= 0.6 is 23.2 Å². The molecule has 0 unspecified atom stereocenters. The van der Waals surface area contributed by atoms with Gasteiger partial charge in [-0.2, -0.15) is 0 Å². The van der Waals surface area contributed by atoms with Gasteiger partial charge in [-0.1, -0.05) is 35.3 Å². The second-order valence-corrected chi connectivity index (χ2v) is 5.19. The number of amides is 1. The number of hydrogen-bond acceptors (Lipinski definition) is 3. The van der Waals surface area contributed by atoms with Crippen molar-refractivity contribution in [2.75, 3.05) is 11.9 Å². The van der Waals surface area contributed by atoms with Crippen LogP contribution in [0.2, 0.25) is 10.0 Å². The van der Waals surface area contributed by atoms with Gasteiger partial charge in [-0.3, -0.25) is 4.79 Å². The van der Waals surface area contributed by atoms with Crippen LogP contribution in [0.15, 0.2) is 42.5 Å². The monoisotopic (exact) mass is 337 g/mol. The third-order valence-corrected chi connectivity index (χ3v) is 3.41. The minimum absolute atomic E-state index is 0.229. The van der Waals surface area contributed by atoms with Crippen molar-refractivity contribution in [3.8, 4) is 0 Å². The number of halogens is 2. The first-order chi connectivity index (χ1) is 10.5. The summed E-state index contributed by atoms with van der Waals surface area (Å²) in [5, 5.41) is 3.32. The van der Waals surface area contributed by atoms with Crippen LogP contribution in [0.1, 0.15) is 27.6 Å². The molecular formula is C16H13Cl2NO3. The fraction of sp³-hybridized carbons (Fsp3) is 0.125. The molecule has 0 aliphatic carbocycles. The van der Waals surface area contributed by atoms with E-state index in [1.807, 2.05) is 0 Å². The van der Waals surface area contributed by atoms with Crippen LogP contribution in [0.3, 0.4) is 0 Å². The van der Waals surface area contributed by atoms with Crippen LogP contribution in [-0.2, 0) is 4.74 Å². The average molecular weight is 338 g/mol. The Morgan fingerprint density at radius 1 is 1.09 bits per heavy atom. The van der Waals surface area contributed by atoms with E-state index < -0.39 is 11.9 Å². The van der Waals surface area contributed by atoms with E-state index in [1.54, 1.807) is 37.3 Å². The SMILES string of the molecule is CCOC(=O)c1ccccc1NC(=O)c1cc(Cl)ccc1Cl. The van der Waals surface area contributed by atoms with Gasteiger partial charge in [-0.25, -0.2) is 4.79 Å². The molecule has 2 rings (SSSR count). The van der Waals surface area contributed by atoms with E-state index >= 15 is 0 Å². The maximum atomic E-state index is 12.3. The number of carbonyl (C=O) groups excluding carboxylic acids is 2. The highest BCUT2D eigenvalue weighted by atomic mass is 35.5. The number of rotatable bonds is 4. The Hall–Kier alpha value is -2.04. The van der Waals surface area contributed by atoms with Gasteiger partial charge in [-0.05, 0) is 37.3 Å². The van der Waals surface area contributed by atoms with E-state index in [9.17, 15) is 9.59 Å². The lowest BCUT2D eigenvalue weighted by atomic mass is 10.1. The zero-order valence-corrected chi connectivity index (χ0v) is 13.2. The van der Waals surface area contributed by atoms with Crippen molar-refractivity contribution in [3.63, 3.8) is 0 Å². The molecular weight excluding hydrogens is 325 g/mol. The fourth-order valence-corrected chi connectivity index (χ4v) is 2.22. The summed E-state index contributed by atoms with van der Waals surface area (Å²) in [6, 6.07) is 11.2. The first kappa shape index (κ1) is 16.3. The summed E-state index contributed by atoms with van der Waals surface area (Å²) in [4.78, 5) is 24.2. The Kier molecular flexibility index (Phi) is 5.41. The molecule has 0 saturated carbocycles. The molecule has 0 aliphatic rings. The van der Waals surface area contributed by atoms with Crippen molar-refractivity contribution in [2.45, 2.75) is 6.92 Å². The number of para-hydroxylation sites is 1. The molecule has 0 bridgehead atoms. The summed E-state index contributed by atoms with van der Waals surface area (Å²) in [5.41, 5.74) is 0.852. The van der Waals surface area contributed by atoms with Gasteiger partial charge >= 0.3 is 5.97 Å². The van der Waals surface area contributed by atoms with Crippen LogP contribution < -0.4 is 5.32 Å². The molecule has 4 nitrogen and oxygen atoms in total. The lowest BCUT2D eigenvalue weighted by Crippen LogP contribution is -2.16. The number of hydrogen-bond donors (Lipinski definition) is 1. The van der Waals surface area contributed by atoms with E-state index in [0.29, 0.717) is 10.7 Å². The maximum absolute atomic E-state index is 12.3. The number of carbonyl (C=O) groups is 2. The van der Waals surface area contributed by atoms with Crippen molar-refractivity contribution in [3.05, 3.63) is 63.6 Å². The fourth-order valence-electron chi connectivity index (χ4n) is 1.84. The number of ether oxygens (including phenoxy) is 1. The predicted octanol–water partition coefficient (Wildman–Crippen LogP) is 4.42. The molecule has 0 aromatic heterocycles. The Bertz CT molecular complexity index is 716. The topological polar surface area (TPSA) is 55.4 Å². The third kappa shape index (κ3) is 3.78. The summed E-state index contributed by atoms with van der Waals surface area (Å²) in [7, 11) is 0. The molecule has 0 atom stereocenters. The van der Waals surface area contributed by atoms with Gasteiger partial charge in [0.25, 0.3) is 5.91 Å². The standard InChI is InChI=1S/C16H13Cl2NO3/c1-2-22-16(21)11-5-3-4-6-14(11)19-15(20)12-9-10(17)7-8-13(12)18/h3-9H,2H2,1H3,(H,19,20). The van der Waals surface area contributed by atoms with Gasteiger partial charge in [0.2, 0.25) is 0 Å². The van der Waals surface area contributed by atoms with Crippen LogP contribution in [0, 0.1) is 0 Å². The lowest BCUT2D eigenvalue weighted by molar-refractivity contribution is 0.0527. The van der Waals surface area contributed by atoms with Crippen molar-refractivity contribution < 1.29 is 14.3 Å². The quantitative estimate of drug-likeness (QED) is 0.840. The molecule has 1 amide bonds. The molecule has 2 aromatic rings. The average Bonchev–Trinajstić information content (AvgIpc) is 2.50. The first-order valence-electron chi connectivity index (χ1n) is 6.55. The Balaban J connectivity index is 2.29. The molecule has 2 aromatic carbocycles. The van der Waals surface area contributed by atoms with Gasteiger partial charge < -0.3 is 10.1 Å². The van der Waals surface area contributed by atoms with E-state index in [4.69, 9.17) is 27.9 Å². The van der Waals surface area contributed by atoms with Crippen LogP contribution in [0.5, 0.6) is 0 Å². The van der Waals surface area contributed by atoms with Crippen molar-refractivity contribution in [2.24, 2.45) is 0 Å². The first-order valence-corrected chi connectivity index (χ1v) is 7.31. The lowest BCUT2D eigenvalue weighted by Gasteiger charge is -2.11. The molecule has 0 radical (unpaired) electrons. The minimum atomic E-state index is -0.504. The number of benzene rings is 2. The summed E-state index contributed by atoms with van der Waals surface area (Å²) < 4.78 is 4.96. The van der Waals surface area contributed by atoms with Crippen molar-refractivity contribution in [1.29, 1.82) is 0 Å². The second-order valence-electron chi connectivity index (χ2n) is 4.34. The van der Waals surface area contributed by atoms with Gasteiger partial charge in [0.1, 0.15) is 0 Å². The van der Waals surface area contributed by atoms with E-state index in [-0.39, 0.29) is 22.8 Å². The Labute approximate surface area is 138 Å². The normalized spacial score (nSPS) is 10.1. The van der Waals surface area contributed by atoms with Gasteiger partial charge in [-0.15, -0.1) is 0 Å². The summed E-state index contributed by atoms with van der Waals surface area (Å²) >= 11 is 11.9. The van der Waals surface area contributed by atoms with E-state index in [2.05, 4.69) is 5.32 Å². The molecule has 0 heterocycles. The highest BCUT2D eigenvalue weighted by molar-refractivity contribution is 6.36. The molecule has 1 N–H and O–H groups in total. The zero-order chi connectivity index (χ0) is 16.1. The van der Waals surface area contributed by atoms with Crippen LogP contribution in [0.25, 0.3) is 0 Å². The highest BCUT2D eigenvalue weighted by Gasteiger charge is 2.16. The zero-order valence-electron chi connectivity index (χ0n) is 11.7. The molecule has 0 spiro atoms. The largest absolute Gasteiger partial charge is 0.462 e.